The standard InChI is InChI=1S/C14H10ClFN2S/c1-8-2-3-13-12(4-8)18-14(19-13)17-11-6-9(15)5-10(16)7-11/h2-7H,1H3,(H,17,18). The molecule has 0 atom stereocenters. The molecule has 0 aliphatic heterocycles. The molecule has 0 radical (unpaired) electrons. The van der Waals surface area contributed by atoms with Gasteiger partial charge in [0.2, 0.25) is 0 Å². The summed E-state index contributed by atoms with van der Waals surface area (Å²) in [7, 11) is 0. The minimum Gasteiger partial charge on any atom is -0.331 e. The smallest absolute Gasteiger partial charge is 0.188 e. The maximum Gasteiger partial charge on any atom is 0.188 e. The fourth-order valence-corrected chi connectivity index (χ4v) is 2.93. The first-order chi connectivity index (χ1) is 9.10. The summed E-state index contributed by atoms with van der Waals surface area (Å²) in [5.74, 6) is -0.369. The van der Waals surface area contributed by atoms with Crippen molar-refractivity contribution in [2.75, 3.05) is 5.32 Å². The Kier molecular flexibility index (Phi) is 3.12. The zero-order chi connectivity index (χ0) is 13.4. The maximum absolute atomic E-state index is 13.2. The highest BCUT2D eigenvalue weighted by molar-refractivity contribution is 7.22. The van der Waals surface area contributed by atoms with Crippen molar-refractivity contribution in [3.05, 3.63) is 52.8 Å². The van der Waals surface area contributed by atoms with Gasteiger partial charge in [-0.25, -0.2) is 9.37 Å². The number of fused-ring (bicyclic) bond motifs is 1. The van der Waals surface area contributed by atoms with E-state index in [9.17, 15) is 4.39 Å². The summed E-state index contributed by atoms with van der Waals surface area (Å²) in [5, 5.41) is 4.16. The van der Waals surface area contributed by atoms with Crippen LogP contribution in [0.15, 0.2) is 36.4 Å². The molecule has 2 aromatic carbocycles. The van der Waals surface area contributed by atoms with Gasteiger partial charge in [0, 0.05) is 10.7 Å². The molecule has 1 heterocycles. The number of benzene rings is 2. The molecular formula is C14H10ClFN2S. The van der Waals surface area contributed by atoms with E-state index in [4.69, 9.17) is 11.6 Å². The minimum atomic E-state index is -0.369. The van der Waals surface area contributed by atoms with Crippen molar-refractivity contribution in [1.29, 1.82) is 0 Å². The molecule has 0 bridgehead atoms. The number of hydrogen-bond donors (Lipinski definition) is 1. The van der Waals surface area contributed by atoms with Gasteiger partial charge in [-0.15, -0.1) is 0 Å². The van der Waals surface area contributed by atoms with E-state index in [0.29, 0.717) is 10.7 Å². The topological polar surface area (TPSA) is 24.9 Å². The average Bonchev–Trinajstić information content (AvgIpc) is 2.68. The van der Waals surface area contributed by atoms with E-state index in [-0.39, 0.29) is 5.82 Å². The highest BCUT2D eigenvalue weighted by atomic mass is 35.5. The van der Waals surface area contributed by atoms with E-state index in [1.807, 2.05) is 25.1 Å². The molecule has 5 heteroatoms. The Balaban J connectivity index is 1.96. The predicted molar refractivity (Wildman–Crippen MR) is 79.0 cm³/mol. The normalized spacial score (nSPS) is 10.9. The van der Waals surface area contributed by atoms with Crippen LogP contribution in [0.25, 0.3) is 10.2 Å². The van der Waals surface area contributed by atoms with Crippen LogP contribution in [0, 0.1) is 12.7 Å². The highest BCUT2D eigenvalue weighted by Gasteiger charge is 2.05. The Morgan fingerprint density at radius 1 is 1.21 bits per heavy atom. The molecule has 0 saturated carbocycles. The highest BCUT2D eigenvalue weighted by Crippen LogP contribution is 2.29. The summed E-state index contributed by atoms with van der Waals surface area (Å²) in [6.07, 6.45) is 0. The number of nitrogens with one attached hydrogen (secondary N) is 1. The first kappa shape index (κ1) is 12.4. The molecule has 3 rings (SSSR count). The molecule has 1 N–H and O–H groups in total. The van der Waals surface area contributed by atoms with Gasteiger partial charge in [0.15, 0.2) is 5.13 Å². The van der Waals surface area contributed by atoms with Crippen LogP contribution in [0.4, 0.5) is 15.2 Å². The van der Waals surface area contributed by atoms with E-state index in [1.54, 1.807) is 6.07 Å². The van der Waals surface area contributed by atoms with E-state index < -0.39 is 0 Å². The zero-order valence-electron chi connectivity index (χ0n) is 10.1. The molecule has 0 fully saturated rings. The fourth-order valence-electron chi connectivity index (χ4n) is 1.84. The molecule has 1 aromatic heterocycles. The first-order valence-electron chi connectivity index (χ1n) is 5.70. The number of aromatic nitrogens is 1. The van der Waals surface area contributed by atoms with Crippen LogP contribution in [-0.2, 0) is 0 Å². The van der Waals surface area contributed by atoms with Crippen molar-refractivity contribution in [1.82, 2.24) is 4.98 Å². The first-order valence-corrected chi connectivity index (χ1v) is 6.90. The van der Waals surface area contributed by atoms with Gasteiger partial charge in [-0.05, 0) is 42.8 Å². The van der Waals surface area contributed by atoms with Crippen LogP contribution in [0.3, 0.4) is 0 Å². The molecule has 96 valence electrons. The summed E-state index contributed by atoms with van der Waals surface area (Å²) in [5.41, 5.74) is 2.70. The van der Waals surface area contributed by atoms with Gasteiger partial charge in [0.05, 0.1) is 10.2 Å². The molecule has 0 aliphatic carbocycles. The minimum absolute atomic E-state index is 0.361. The van der Waals surface area contributed by atoms with E-state index in [1.165, 1.54) is 23.5 Å². The summed E-state index contributed by atoms with van der Waals surface area (Å²) >= 11 is 7.34. The fraction of sp³-hybridized carbons (Fsp3) is 0.0714. The van der Waals surface area contributed by atoms with Crippen LogP contribution in [0.5, 0.6) is 0 Å². The Hall–Kier alpha value is -1.65. The number of aryl methyl sites for hydroxylation is 1. The number of anilines is 2. The second-order valence-corrected chi connectivity index (χ2v) is 5.74. The summed E-state index contributed by atoms with van der Waals surface area (Å²) in [4.78, 5) is 4.47. The third-order valence-corrected chi connectivity index (χ3v) is 3.83. The third-order valence-electron chi connectivity index (χ3n) is 2.66. The molecule has 0 unspecified atom stereocenters. The monoisotopic (exact) mass is 292 g/mol. The van der Waals surface area contributed by atoms with Crippen LogP contribution >= 0.6 is 22.9 Å². The van der Waals surface area contributed by atoms with Crippen LogP contribution in [-0.4, -0.2) is 4.98 Å². The molecule has 0 spiro atoms. The maximum atomic E-state index is 13.2. The summed E-state index contributed by atoms with van der Waals surface area (Å²) in [6.45, 7) is 2.03. The van der Waals surface area contributed by atoms with Gasteiger partial charge in [-0.1, -0.05) is 29.0 Å². The Labute approximate surface area is 118 Å². The second-order valence-electron chi connectivity index (χ2n) is 4.27. The van der Waals surface area contributed by atoms with Crippen molar-refractivity contribution >= 4 is 44.0 Å². The van der Waals surface area contributed by atoms with E-state index in [2.05, 4.69) is 10.3 Å². The number of nitrogens with zero attached hydrogens (tertiary/aromatic N) is 1. The van der Waals surface area contributed by atoms with Crippen LogP contribution in [0.2, 0.25) is 5.02 Å². The zero-order valence-corrected chi connectivity index (χ0v) is 11.6. The molecule has 0 amide bonds. The van der Waals surface area contributed by atoms with Gasteiger partial charge in [-0.2, -0.15) is 0 Å². The number of hydrogen-bond acceptors (Lipinski definition) is 3. The van der Waals surface area contributed by atoms with Crippen LogP contribution < -0.4 is 5.32 Å². The molecule has 0 saturated heterocycles. The lowest BCUT2D eigenvalue weighted by atomic mass is 10.2. The third kappa shape index (κ3) is 2.69. The SMILES string of the molecule is Cc1ccc2sc(Nc3cc(F)cc(Cl)c3)nc2c1. The molecular weight excluding hydrogens is 283 g/mol. The lowest BCUT2D eigenvalue weighted by Crippen LogP contribution is -1.90. The number of halogens is 2. The predicted octanol–water partition coefficient (Wildman–Crippen LogP) is 5.14. The Morgan fingerprint density at radius 3 is 2.84 bits per heavy atom. The van der Waals surface area contributed by atoms with Crippen molar-refractivity contribution in [3.63, 3.8) is 0 Å². The largest absolute Gasteiger partial charge is 0.331 e. The van der Waals surface area contributed by atoms with Crippen molar-refractivity contribution in [3.8, 4) is 0 Å². The van der Waals surface area contributed by atoms with Crippen molar-refractivity contribution in [2.24, 2.45) is 0 Å². The molecule has 2 nitrogen and oxygen atoms in total. The quantitative estimate of drug-likeness (QED) is 0.707. The number of thiazole rings is 1. The van der Waals surface area contributed by atoms with Crippen LogP contribution in [0.1, 0.15) is 5.56 Å². The second kappa shape index (κ2) is 4.79. The summed E-state index contributed by atoms with van der Waals surface area (Å²) in [6, 6.07) is 10.4. The van der Waals surface area contributed by atoms with Crippen molar-refractivity contribution < 1.29 is 4.39 Å². The average molecular weight is 293 g/mol. The van der Waals surface area contributed by atoms with Crippen molar-refractivity contribution in [2.45, 2.75) is 6.92 Å². The Morgan fingerprint density at radius 2 is 2.05 bits per heavy atom. The van der Waals surface area contributed by atoms with E-state index in [0.717, 1.165) is 20.9 Å². The Bertz CT molecular complexity index is 734. The number of rotatable bonds is 2. The van der Waals surface area contributed by atoms with Gasteiger partial charge in [0.25, 0.3) is 0 Å². The van der Waals surface area contributed by atoms with Gasteiger partial charge >= 0.3 is 0 Å². The molecule has 0 aliphatic rings. The van der Waals surface area contributed by atoms with Gasteiger partial charge in [0.1, 0.15) is 5.82 Å². The lowest BCUT2D eigenvalue weighted by molar-refractivity contribution is 0.628. The van der Waals surface area contributed by atoms with Gasteiger partial charge < -0.3 is 5.32 Å². The molecule has 19 heavy (non-hydrogen) atoms. The summed E-state index contributed by atoms with van der Waals surface area (Å²) < 4.78 is 14.3. The molecule has 3 aromatic rings. The van der Waals surface area contributed by atoms with Gasteiger partial charge in [-0.3, -0.25) is 0 Å². The lowest BCUT2D eigenvalue weighted by Gasteiger charge is -2.02. The van der Waals surface area contributed by atoms with E-state index >= 15 is 0 Å².